The Bertz CT molecular complexity index is 1100. The SMILES string of the molecule is COCc1nc(C)ncc1OC[C@@]1(C2C=C(F)C=C(F)C2)C[C@H]1C(=O)Nc1ccc(F)cc1. The van der Waals surface area contributed by atoms with E-state index in [0.717, 1.165) is 6.08 Å². The van der Waals surface area contributed by atoms with Crippen LogP contribution in [0.3, 0.4) is 0 Å². The van der Waals surface area contributed by atoms with Crippen LogP contribution in [0.2, 0.25) is 0 Å². The van der Waals surface area contributed by atoms with Crippen LogP contribution in [-0.2, 0) is 16.1 Å². The lowest BCUT2D eigenvalue weighted by atomic mass is 9.82. The minimum Gasteiger partial charge on any atom is -0.489 e. The number of hydrogen-bond acceptors (Lipinski definition) is 5. The monoisotopic (exact) mass is 459 g/mol. The molecule has 1 aromatic carbocycles. The van der Waals surface area contributed by atoms with Crippen LogP contribution in [0, 0.1) is 30.0 Å². The number of allylic oxidation sites excluding steroid dienone is 4. The summed E-state index contributed by atoms with van der Waals surface area (Å²) in [6.45, 7) is 1.99. The van der Waals surface area contributed by atoms with Crippen molar-refractivity contribution >= 4 is 11.6 Å². The number of benzene rings is 1. The first kappa shape index (κ1) is 23.0. The summed E-state index contributed by atoms with van der Waals surface area (Å²) in [5.74, 6) is -2.15. The third-order valence-corrected chi connectivity index (χ3v) is 6.08. The molecule has 4 rings (SSSR count). The molecule has 174 valence electrons. The molecule has 2 aliphatic carbocycles. The minimum absolute atomic E-state index is 0.0214. The van der Waals surface area contributed by atoms with Crippen LogP contribution in [0.25, 0.3) is 0 Å². The molecular weight excluding hydrogens is 435 g/mol. The Morgan fingerprint density at radius 1 is 1.24 bits per heavy atom. The number of amides is 1. The van der Waals surface area contributed by atoms with Gasteiger partial charge in [0.15, 0.2) is 5.75 Å². The summed E-state index contributed by atoms with van der Waals surface area (Å²) in [7, 11) is 1.53. The highest BCUT2D eigenvalue weighted by Gasteiger charge is 2.63. The van der Waals surface area contributed by atoms with Crippen molar-refractivity contribution in [2.75, 3.05) is 19.0 Å². The smallest absolute Gasteiger partial charge is 0.228 e. The van der Waals surface area contributed by atoms with Gasteiger partial charge in [-0.25, -0.2) is 23.1 Å². The lowest BCUT2D eigenvalue weighted by Gasteiger charge is -2.27. The molecule has 0 aliphatic heterocycles. The number of carbonyl (C=O) groups is 1. The number of methoxy groups -OCH3 is 1. The molecule has 1 saturated carbocycles. The number of hydrogen-bond donors (Lipinski definition) is 1. The number of aryl methyl sites for hydroxylation is 1. The second-order valence-corrected chi connectivity index (χ2v) is 8.39. The van der Waals surface area contributed by atoms with Crippen molar-refractivity contribution in [3.05, 3.63) is 71.6 Å². The Morgan fingerprint density at radius 3 is 2.70 bits per heavy atom. The summed E-state index contributed by atoms with van der Waals surface area (Å²) in [4.78, 5) is 21.5. The zero-order valence-electron chi connectivity index (χ0n) is 18.3. The van der Waals surface area contributed by atoms with E-state index in [1.165, 1.54) is 43.6 Å². The first-order valence-electron chi connectivity index (χ1n) is 10.5. The van der Waals surface area contributed by atoms with Crippen LogP contribution in [-0.4, -0.2) is 29.6 Å². The number of nitrogens with zero attached hydrogens (tertiary/aromatic N) is 2. The maximum Gasteiger partial charge on any atom is 0.228 e. The van der Waals surface area contributed by atoms with Gasteiger partial charge in [-0.15, -0.1) is 0 Å². The molecular formula is C24H24F3N3O3. The van der Waals surface area contributed by atoms with Crippen molar-refractivity contribution in [3.63, 3.8) is 0 Å². The molecule has 1 unspecified atom stereocenters. The second-order valence-electron chi connectivity index (χ2n) is 8.39. The largest absolute Gasteiger partial charge is 0.489 e. The third-order valence-electron chi connectivity index (χ3n) is 6.08. The standard InChI is InChI=1S/C24H24F3N3O3/c1-14-28-11-22(21(29-14)12-32-2)33-13-24(15-7-17(26)9-18(27)8-15)10-20(24)23(31)30-19-5-3-16(25)4-6-19/h3-7,9,11,15,20H,8,10,12-13H2,1-2H3,(H,30,31)/t15?,20-,24+/m0/s1. The second kappa shape index (κ2) is 9.35. The van der Waals surface area contributed by atoms with Crippen LogP contribution in [0.1, 0.15) is 24.4 Å². The average molecular weight is 459 g/mol. The van der Waals surface area contributed by atoms with Crippen molar-refractivity contribution in [2.24, 2.45) is 17.3 Å². The van der Waals surface area contributed by atoms with E-state index in [2.05, 4.69) is 15.3 Å². The molecule has 2 aromatic rings. The summed E-state index contributed by atoms with van der Waals surface area (Å²) < 4.78 is 52.5. The van der Waals surface area contributed by atoms with Crippen LogP contribution in [0.4, 0.5) is 18.9 Å². The van der Waals surface area contributed by atoms with Crippen molar-refractivity contribution in [3.8, 4) is 5.75 Å². The van der Waals surface area contributed by atoms with Gasteiger partial charge in [0.1, 0.15) is 29.0 Å². The van der Waals surface area contributed by atoms with Crippen LogP contribution >= 0.6 is 0 Å². The first-order chi connectivity index (χ1) is 15.8. The van der Waals surface area contributed by atoms with Gasteiger partial charge in [0, 0.05) is 36.6 Å². The van der Waals surface area contributed by atoms with Gasteiger partial charge in [0.05, 0.1) is 19.4 Å². The summed E-state index contributed by atoms with van der Waals surface area (Å²) in [5, 5.41) is 2.76. The summed E-state index contributed by atoms with van der Waals surface area (Å²) in [5.41, 5.74) is 0.167. The Morgan fingerprint density at radius 2 is 2.00 bits per heavy atom. The lowest BCUT2D eigenvalue weighted by molar-refractivity contribution is -0.118. The molecule has 3 atom stereocenters. The molecule has 1 amide bonds. The van der Waals surface area contributed by atoms with Gasteiger partial charge >= 0.3 is 0 Å². The summed E-state index contributed by atoms with van der Waals surface area (Å²) >= 11 is 0. The Balaban J connectivity index is 1.56. The predicted octanol–water partition coefficient (Wildman–Crippen LogP) is 4.82. The highest BCUT2D eigenvalue weighted by Crippen LogP contribution is 2.61. The fraction of sp³-hybridized carbons (Fsp3) is 0.375. The molecule has 33 heavy (non-hydrogen) atoms. The Labute approximate surface area is 189 Å². The molecule has 6 nitrogen and oxygen atoms in total. The van der Waals surface area contributed by atoms with Crippen molar-refractivity contribution in [1.82, 2.24) is 9.97 Å². The summed E-state index contributed by atoms with van der Waals surface area (Å²) in [6.07, 6.45) is 4.09. The van der Waals surface area contributed by atoms with E-state index in [4.69, 9.17) is 9.47 Å². The van der Waals surface area contributed by atoms with E-state index in [1.807, 2.05) is 0 Å². The average Bonchev–Trinajstić information content (AvgIpc) is 3.51. The van der Waals surface area contributed by atoms with Crippen molar-refractivity contribution in [2.45, 2.75) is 26.4 Å². The predicted molar refractivity (Wildman–Crippen MR) is 115 cm³/mol. The van der Waals surface area contributed by atoms with Gasteiger partial charge in [-0.1, -0.05) is 0 Å². The van der Waals surface area contributed by atoms with Gasteiger partial charge in [0.2, 0.25) is 5.91 Å². The maximum atomic E-state index is 14.1. The van der Waals surface area contributed by atoms with E-state index >= 15 is 0 Å². The number of nitrogens with one attached hydrogen (secondary N) is 1. The molecule has 0 bridgehead atoms. The van der Waals surface area contributed by atoms with E-state index in [0.29, 0.717) is 29.4 Å². The van der Waals surface area contributed by atoms with E-state index in [1.54, 1.807) is 6.92 Å². The van der Waals surface area contributed by atoms with Gasteiger partial charge < -0.3 is 14.8 Å². The van der Waals surface area contributed by atoms with Gasteiger partial charge in [-0.2, -0.15) is 0 Å². The van der Waals surface area contributed by atoms with E-state index in [9.17, 15) is 18.0 Å². The highest BCUT2D eigenvalue weighted by atomic mass is 19.1. The molecule has 0 radical (unpaired) electrons. The Kier molecular flexibility index (Phi) is 6.51. The number of halogens is 3. The van der Waals surface area contributed by atoms with E-state index < -0.39 is 34.7 Å². The molecule has 1 N–H and O–H groups in total. The number of carbonyl (C=O) groups excluding carboxylic acids is 1. The molecule has 1 aromatic heterocycles. The fourth-order valence-corrected chi connectivity index (χ4v) is 4.28. The van der Waals surface area contributed by atoms with Crippen molar-refractivity contribution in [1.29, 1.82) is 0 Å². The quantitative estimate of drug-likeness (QED) is 0.613. The Hall–Kier alpha value is -3.20. The molecule has 1 heterocycles. The molecule has 0 saturated heterocycles. The van der Waals surface area contributed by atoms with E-state index in [-0.39, 0.29) is 25.5 Å². The molecule has 2 aliphatic rings. The first-order valence-corrected chi connectivity index (χ1v) is 10.5. The summed E-state index contributed by atoms with van der Waals surface area (Å²) in [6, 6.07) is 5.40. The van der Waals surface area contributed by atoms with Crippen LogP contribution < -0.4 is 10.1 Å². The van der Waals surface area contributed by atoms with Crippen LogP contribution in [0.15, 0.2) is 54.3 Å². The molecule has 0 spiro atoms. The van der Waals surface area contributed by atoms with Crippen molar-refractivity contribution < 1.29 is 27.4 Å². The van der Waals surface area contributed by atoms with Crippen LogP contribution in [0.5, 0.6) is 5.75 Å². The van der Waals surface area contributed by atoms with Gasteiger partial charge in [-0.05, 0) is 49.6 Å². The molecule has 1 fully saturated rings. The maximum absolute atomic E-state index is 14.1. The number of rotatable bonds is 8. The lowest BCUT2D eigenvalue weighted by Crippen LogP contribution is -2.30. The molecule has 9 heteroatoms. The fourth-order valence-electron chi connectivity index (χ4n) is 4.28. The minimum atomic E-state index is -0.817. The normalized spacial score (nSPS) is 24.0. The number of aromatic nitrogens is 2. The zero-order valence-corrected chi connectivity index (χ0v) is 18.3. The topological polar surface area (TPSA) is 73.3 Å². The number of anilines is 1. The number of ether oxygens (including phenoxy) is 2. The van der Waals surface area contributed by atoms with Gasteiger partial charge in [-0.3, -0.25) is 4.79 Å². The third kappa shape index (κ3) is 5.08. The highest BCUT2D eigenvalue weighted by molar-refractivity contribution is 5.95. The van der Waals surface area contributed by atoms with Gasteiger partial charge in [0.25, 0.3) is 0 Å². The zero-order chi connectivity index (χ0) is 23.6.